The molecule has 1 heterocycles. The van der Waals surface area contributed by atoms with E-state index < -0.39 is 10.0 Å². The predicted molar refractivity (Wildman–Crippen MR) is 116 cm³/mol. The van der Waals surface area contributed by atoms with Gasteiger partial charge in [-0.1, -0.05) is 48.5 Å². The molecule has 0 unspecified atom stereocenters. The van der Waals surface area contributed by atoms with Gasteiger partial charge in [0.15, 0.2) is 0 Å². The number of sulfonamides is 1. The number of nitrogens with zero attached hydrogens (tertiary/aromatic N) is 1. The molecule has 0 saturated carbocycles. The smallest absolute Gasteiger partial charge is 0.264 e. The molecule has 1 aliphatic heterocycles. The standard InChI is InChI=1S/C23H20N2O4S/c1-25-22(23(26)16-8-4-3-5-9-16)21(24-17-12-14-18(29-2)15-13-17)19-10-6-7-11-20(19)30(25,27)28/h3-15,24H,1-2H3. The van der Waals surface area contributed by atoms with E-state index in [1.807, 2.05) is 12.1 Å². The summed E-state index contributed by atoms with van der Waals surface area (Å²) in [6, 6.07) is 22.5. The van der Waals surface area contributed by atoms with Gasteiger partial charge in [-0.25, -0.2) is 8.42 Å². The largest absolute Gasteiger partial charge is 0.497 e. The van der Waals surface area contributed by atoms with Crippen molar-refractivity contribution in [3.05, 3.63) is 95.7 Å². The number of hydrogen-bond acceptors (Lipinski definition) is 5. The van der Waals surface area contributed by atoms with E-state index in [9.17, 15) is 13.2 Å². The molecule has 6 nitrogen and oxygen atoms in total. The summed E-state index contributed by atoms with van der Waals surface area (Å²) in [6.07, 6.45) is 0. The second kappa shape index (κ2) is 7.68. The molecule has 7 heteroatoms. The summed E-state index contributed by atoms with van der Waals surface area (Å²) in [5.74, 6) is 0.311. The van der Waals surface area contributed by atoms with E-state index in [-0.39, 0.29) is 16.4 Å². The molecular weight excluding hydrogens is 400 g/mol. The van der Waals surface area contributed by atoms with Crippen molar-refractivity contribution in [1.29, 1.82) is 0 Å². The van der Waals surface area contributed by atoms with Crippen LogP contribution in [0.2, 0.25) is 0 Å². The van der Waals surface area contributed by atoms with E-state index in [2.05, 4.69) is 5.32 Å². The molecule has 0 aromatic heterocycles. The maximum absolute atomic E-state index is 13.4. The highest BCUT2D eigenvalue weighted by molar-refractivity contribution is 7.89. The van der Waals surface area contributed by atoms with Crippen molar-refractivity contribution in [3.8, 4) is 5.75 Å². The molecule has 0 fully saturated rings. The van der Waals surface area contributed by atoms with Crippen molar-refractivity contribution in [3.63, 3.8) is 0 Å². The Morgan fingerprint density at radius 3 is 2.20 bits per heavy atom. The fourth-order valence-corrected chi connectivity index (χ4v) is 4.79. The number of carbonyl (C=O) groups is 1. The second-order valence-corrected chi connectivity index (χ2v) is 8.68. The number of rotatable bonds is 5. The number of benzene rings is 3. The van der Waals surface area contributed by atoms with Gasteiger partial charge in [0.1, 0.15) is 11.4 Å². The van der Waals surface area contributed by atoms with E-state index in [0.717, 1.165) is 4.31 Å². The van der Waals surface area contributed by atoms with Crippen molar-refractivity contribution in [2.75, 3.05) is 19.5 Å². The number of ketones is 1. The van der Waals surface area contributed by atoms with E-state index in [4.69, 9.17) is 4.74 Å². The lowest BCUT2D eigenvalue weighted by molar-refractivity contribution is 0.101. The third-order valence-electron chi connectivity index (χ3n) is 4.96. The van der Waals surface area contributed by atoms with Gasteiger partial charge in [-0.05, 0) is 30.3 Å². The van der Waals surface area contributed by atoms with Crippen molar-refractivity contribution in [2.45, 2.75) is 4.90 Å². The zero-order valence-electron chi connectivity index (χ0n) is 16.5. The van der Waals surface area contributed by atoms with Crippen LogP contribution in [0.5, 0.6) is 5.75 Å². The molecule has 0 bridgehead atoms. The molecular formula is C23H20N2O4S. The number of fused-ring (bicyclic) bond motifs is 1. The van der Waals surface area contributed by atoms with Crippen LogP contribution in [0.1, 0.15) is 15.9 Å². The number of methoxy groups -OCH3 is 1. The Morgan fingerprint density at radius 2 is 1.53 bits per heavy atom. The van der Waals surface area contributed by atoms with Gasteiger partial charge in [0, 0.05) is 23.9 Å². The van der Waals surface area contributed by atoms with Gasteiger partial charge in [0.2, 0.25) is 5.78 Å². The van der Waals surface area contributed by atoms with Crippen molar-refractivity contribution >= 4 is 27.2 Å². The molecule has 0 radical (unpaired) electrons. The van der Waals surface area contributed by atoms with Crippen LogP contribution in [0.25, 0.3) is 5.70 Å². The molecule has 1 N–H and O–H groups in total. The van der Waals surface area contributed by atoms with E-state index >= 15 is 0 Å². The number of anilines is 1. The van der Waals surface area contributed by atoms with Crippen LogP contribution in [0.15, 0.2) is 89.5 Å². The molecule has 30 heavy (non-hydrogen) atoms. The van der Waals surface area contributed by atoms with Gasteiger partial charge in [0.25, 0.3) is 10.0 Å². The Balaban J connectivity index is 1.93. The maximum Gasteiger partial charge on any atom is 0.264 e. The minimum atomic E-state index is -3.86. The van der Waals surface area contributed by atoms with Crippen LogP contribution < -0.4 is 10.1 Å². The van der Waals surface area contributed by atoms with Gasteiger partial charge in [-0.3, -0.25) is 9.10 Å². The monoisotopic (exact) mass is 420 g/mol. The van der Waals surface area contributed by atoms with Gasteiger partial charge in [-0.15, -0.1) is 0 Å². The summed E-state index contributed by atoms with van der Waals surface area (Å²) in [4.78, 5) is 13.5. The summed E-state index contributed by atoms with van der Waals surface area (Å²) in [6.45, 7) is 0. The minimum absolute atomic E-state index is 0.0655. The fraction of sp³-hybridized carbons (Fsp3) is 0.0870. The summed E-state index contributed by atoms with van der Waals surface area (Å²) in [7, 11) is -0.882. The first-order valence-corrected chi connectivity index (χ1v) is 10.7. The van der Waals surface area contributed by atoms with Crippen molar-refractivity contribution in [1.82, 2.24) is 4.31 Å². The Bertz CT molecular complexity index is 1230. The number of allylic oxidation sites excluding steroid dienone is 1. The fourth-order valence-electron chi connectivity index (χ4n) is 3.38. The normalized spacial score (nSPS) is 14.8. The molecule has 3 aromatic rings. The van der Waals surface area contributed by atoms with Crippen LogP contribution in [0.4, 0.5) is 5.69 Å². The lowest BCUT2D eigenvalue weighted by Gasteiger charge is -2.31. The number of likely N-dealkylation sites (N-methyl/N-ethyl adjacent to an activating group) is 1. The van der Waals surface area contributed by atoms with Crippen LogP contribution in [-0.2, 0) is 10.0 Å². The predicted octanol–water partition coefficient (Wildman–Crippen LogP) is 3.99. The summed E-state index contributed by atoms with van der Waals surface area (Å²) < 4.78 is 32.5. The molecule has 1 aliphatic rings. The molecule has 3 aromatic carbocycles. The third kappa shape index (κ3) is 3.33. The molecule has 152 valence electrons. The highest BCUT2D eigenvalue weighted by atomic mass is 32.2. The number of hydrogen-bond donors (Lipinski definition) is 1. The Labute approximate surface area is 175 Å². The SMILES string of the molecule is COc1ccc(NC2=C(C(=O)c3ccccc3)N(C)S(=O)(=O)c3ccccc32)cc1. The second-order valence-electron chi connectivity index (χ2n) is 6.74. The Kier molecular flexibility index (Phi) is 5.05. The van der Waals surface area contributed by atoms with Crippen LogP contribution in [0, 0.1) is 0 Å². The first-order valence-electron chi connectivity index (χ1n) is 9.27. The first-order chi connectivity index (χ1) is 14.4. The van der Waals surface area contributed by atoms with Crippen molar-refractivity contribution in [2.24, 2.45) is 0 Å². The first kappa shape index (κ1) is 19.7. The topological polar surface area (TPSA) is 75.7 Å². The minimum Gasteiger partial charge on any atom is -0.497 e. The Morgan fingerprint density at radius 1 is 0.900 bits per heavy atom. The number of ether oxygens (including phenoxy) is 1. The van der Waals surface area contributed by atoms with Crippen LogP contribution >= 0.6 is 0 Å². The zero-order chi connectivity index (χ0) is 21.3. The zero-order valence-corrected chi connectivity index (χ0v) is 17.3. The lowest BCUT2D eigenvalue weighted by atomic mass is 10.0. The molecule has 0 saturated heterocycles. The highest BCUT2D eigenvalue weighted by Gasteiger charge is 2.37. The van der Waals surface area contributed by atoms with E-state index in [1.165, 1.54) is 7.05 Å². The number of Topliss-reactive ketones (excluding diaryl/α,β-unsaturated/α-hetero) is 1. The van der Waals surface area contributed by atoms with Crippen LogP contribution in [-0.4, -0.2) is 32.7 Å². The molecule has 0 amide bonds. The highest BCUT2D eigenvalue weighted by Crippen LogP contribution is 2.37. The number of carbonyl (C=O) groups excluding carboxylic acids is 1. The third-order valence-corrected chi connectivity index (χ3v) is 6.77. The molecule has 0 atom stereocenters. The Hall–Kier alpha value is -3.58. The quantitative estimate of drug-likeness (QED) is 0.632. The van der Waals surface area contributed by atoms with Crippen molar-refractivity contribution < 1.29 is 17.9 Å². The van der Waals surface area contributed by atoms with Gasteiger partial charge < -0.3 is 10.1 Å². The van der Waals surface area contributed by atoms with Crippen LogP contribution in [0.3, 0.4) is 0 Å². The summed E-state index contributed by atoms with van der Waals surface area (Å²) >= 11 is 0. The molecule has 4 rings (SSSR count). The molecule has 0 aliphatic carbocycles. The average molecular weight is 420 g/mol. The van der Waals surface area contributed by atoms with Gasteiger partial charge in [0.05, 0.1) is 17.7 Å². The maximum atomic E-state index is 13.4. The molecule has 0 spiro atoms. The van der Waals surface area contributed by atoms with Gasteiger partial charge >= 0.3 is 0 Å². The average Bonchev–Trinajstić information content (AvgIpc) is 2.78. The van der Waals surface area contributed by atoms with Gasteiger partial charge in [-0.2, -0.15) is 0 Å². The van der Waals surface area contributed by atoms with E-state index in [0.29, 0.717) is 28.3 Å². The number of nitrogens with one attached hydrogen (secondary N) is 1. The summed E-state index contributed by atoms with van der Waals surface area (Å²) in [5, 5.41) is 3.25. The summed E-state index contributed by atoms with van der Waals surface area (Å²) in [5.41, 5.74) is 2.05. The van der Waals surface area contributed by atoms with E-state index in [1.54, 1.807) is 73.8 Å². The lowest BCUT2D eigenvalue weighted by Crippen LogP contribution is -2.36.